The Morgan fingerprint density at radius 2 is 1.66 bits per heavy atom. The SMILES string of the molecule is CCN1CCCCCCCCO[C@@H]2CN(C(=O)CCC3CCCC3)C[C@H]2Oc2ccccc2C1=O. The molecule has 2 fully saturated rings. The van der Waals surface area contributed by atoms with E-state index in [1.54, 1.807) is 0 Å². The Morgan fingerprint density at radius 3 is 2.46 bits per heavy atom. The van der Waals surface area contributed by atoms with E-state index >= 15 is 0 Å². The van der Waals surface area contributed by atoms with E-state index in [4.69, 9.17) is 9.47 Å². The monoisotopic (exact) mass is 484 g/mol. The molecule has 1 aromatic rings. The summed E-state index contributed by atoms with van der Waals surface area (Å²) < 4.78 is 12.8. The quantitative estimate of drug-likeness (QED) is 0.570. The summed E-state index contributed by atoms with van der Waals surface area (Å²) in [7, 11) is 0. The number of hydrogen-bond acceptors (Lipinski definition) is 4. The highest BCUT2D eigenvalue weighted by atomic mass is 16.5. The molecule has 6 nitrogen and oxygen atoms in total. The van der Waals surface area contributed by atoms with E-state index in [1.165, 1.54) is 38.5 Å². The van der Waals surface area contributed by atoms with Crippen molar-refractivity contribution in [2.24, 2.45) is 5.92 Å². The average molecular weight is 485 g/mol. The van der Waals surface area contributed by atoms with E-state index < -0.39 is 0 Å². The fourth-order valence-corrected chi connectivity index (χ4v) is 5.83. The second-order valence-corrected chi connectivity index (χ2v) is 10.6. The highest BCUT2D eigenvalue weighted by Gasteiger charge is 2.38. The maximum atomic E-state index is 13.4. The summed E-state index contributed by atoms with van der Waals surface area (Å²) in [4.78, 5) is 30.3. The van der Waals surface area contributed by atoms with Crippen LogP contribution in [0.5, 0.6) is 5.75 Å². The molecule has 2 aliphatic heterocycles. The molecule has 0 N–H and O–H groups in total. The Kier molecular flexibility index (Phi) is 9.87. The van der Waals surface area contributed by atoms with Crippen molar-refractivity contribution in [2.45, 2.75) is 96.2 Å². The van der Waals surface area contributed by atoms with Crippen molar-refractivity contribution in [3.8, 4) is 5.75 Å². The van der Waals surface area contributed by atoms with Gasteiger partial charge in [-0.05, 0) is 44.2 Å². The number of ether oxygens (including phenoxy) is 2. The lowest BCUT2D eigenvalue weighted by atomic mass is 10.0. The van der Waals surface area contributed by atoms with Crippen LogP contribution < -0.4 is 4.74 Å². The van der Waals surface area contributed by atoms with Gasteiger partial charge in [-0.2, -0.15) is 0 Å². The molecule has 194 valence electrons. The summed E-state index contributed by atoms with van der Waals surface area (Å²) in [6.45, 7) is 5.29. The van der Waals surface area contributed by atoms with Gasteiger partial charge >= 0.3 is 0 Å². The number of carbonyl (C=O) groups excluding carboxylic acids is 2. The van der Waals surface area contributed by atoms with Crippen molar-refractivity contribution in [1.29, 1.82) is 0 Å². The zero-order chi connectivity index (χ0) is 24.5. The lowest BCUT2D eigenvalue weighted by Crippen LogP contribution is -2.35. The summed E-state index contributed by atoms with van der Waals surface area (Å²) in [6, 6.07) is 7.55. The Labute approximate surface area is 211 Å². The molecule has 0 aromatic heterocycles. The van der Waals surface area contributed by atoms with Crippen molar-refractivity contribution in [2.75, 3.05) is 32.8 Å². The first-order valence-electron chi connectivity index (χ1n) is 14.1. The number of carbonyl (C=O) groups is 2. The maximum absolute atomic E-state index is 13.4. The van der Waals surface area contributed by atoms with Crippen LogP contribution in [0.3, 0.4) is 0 Å². The summed E-state index contributed by atoms with van der Waals surface area (Å²) in [5.41, 5.74) is 0.603. The molecule has 3 aliphatic rings. The van der Waals surface area contributed by atoms with Gasteiger partial charge in [-0.25, -0.2) is 0 Å². The molecule has 2 heterocycles. The largest absolute Gasteiger partial charge is 0.485 e. The summed E-state index contributed by atoms with van der Waals surface area (Å²) in [6.07, 6.45) is 13.1. The first-order valence-corrected chi connectivity index (χ1v) is 14.1. The first-order chi connectivity index (χ1) is 17.2. The van der Waals surface area contributed by atoms with Crippen LogP contribution in [-0.4, -0.2) is 66.6 Å². The van der Waals surface area contributed by atoms with Crippen molar-refractivity contribution in [3.05, 3.63) is 29.8 Å². The van der Waals surface area contributed by atoms with Crippen LogP contribution in [0.2, 0.25) is 0 Å². The van der Waals surface area contributed by atoms with Crippen LogP contribution in [0.4, 0.5) is 0 Å². The third-order valence-corrected chi connectivity index (χ3v) is 8.03. The highest BCUT2D eigenvalue weighted by Crippen LogP contribution is 2.30. The summed E-state index contributed by atoms with van der Waals surface area (Å²) >= 11 is 0. The van der Waals surface area contributed by atoms with Gasteiger partial charge in [-0.1, -0.05) is 63.5 Å². The number of likely N-dealkylation sites (tertiary alicyclic amines) is 1. The van der Waals surface area contributed by atoms with Gasteiger partial charge in [0, 0.05) is 26.1 Å². The molecule has 1 saturated heterocycles. The highest BCUT2D eigenvalue weighted by molar-refractivity contribution is 5.97. The first kappa shape index (κ1) is 26.0. The molecule has 6 heteroatoms. The van der Waals surface area contributed by atoms with Gasteiger partial charge in [0.1, 0.15) is 18.0 Å². The lowest BCUT2D eigenvalue weighted by molar-refractivity contribution is -0.131. The smallest absolute Gasteiger partial charge is 0.257 e. The third kappa shape index (κ3) is 7.22. The fourth-order valence-electron chi connectivity index (χ4n) is 5.83. The second kappa shape index (κ2) is 13.3. The van der Waals surface area contributed by atoms with E-state index in [9.17, 15) is 9.59 Å². The molecule has 2 amide bonds. The molecule has 4 rings (SSSR count). The lowest BCUT2D eigenvalue weighted by Gasteiger charge is -2.25. The Balaban J connectivity index is 1.47. The number of nitrogens with zero attached hydrogens (tertiary/aromatic N) is 2. The molecule has 0 unspecified atom stereocenters. The Morgan fingerprint density at radius 1 is 0.943 bits per heavy atom. The zero-order valence-corrected chi connectivity index (χ0v) is 21.6. The van der Waals surface area contributed by atoms with Crippen molar-refractivity contribution < 1.29 is 19.1 Å². The van der Waals surface area contributed by atoms with Crippen LogP contribution in [-0.2, 0) is 9.53 Å². The van der Waals surface area contributed by atoms with Gasteiger partial charge in [-0.3, -0.25) is 9.59 Å². The molecule has 1 saturated carbocycles. The van der Waals surface area contributed by atoms with E-state index in [-0.39, 0.29) is 24.0 Å². The third-order valence-electron chi connectivity index (χ3n) is 8.03. The molecule has 1 aliphatic carbocycles. The Bertz CT molecular complexity index is 823. The maximum Gasteiger partial charge on any atom is 0.257 e. The molecule has 2 atom stereocenters. The van der Waals surface area contributed by atoms with Gasteiger partial charge in [-0.15, -0.1) is 0 Å². The molecule has 1 aromatic carbocycles. The van der Waals surface area contributed by atoms with Gasteiger partial charge < -0.3 is 19.3 Å². The zero-order valence-electron chi connectivity index (χ0n) is 21.6. The fraction of sp³-hybridized carbons (Fsp3) is 0.724. The van der Waals surface area contributed by atoms with Gasteiger partial charge in [0.2, 0.25) is 5.91 Å². The number of benzene rings is 1. The predicted molar refractivity (Wildman–Crippen MR) is 138 cm³/mol. The number of para-hydroxylation sites is 1. The van der Waals surface area contributed by atoms with Crippen molar-refractivity contribution in [3.63, 3.8) is 0 Å². The normalized spacial score (nSPS) is 25.2. The molecule has 0 spiro atoms. The minimum absolute atomic E-state index is 0.0233. The number of amides is 2. The van der Waals surface area contributed by atoms with E-state index in [2.05, 4.69) is 0 Å². The molecular formula is C29H44N2O4. The van der Waals surface area contributed by atoms with Gasteiger partial charge in [0.25, 0.3) is 5.91 Å². The van der Waals surface area contributed by atoms with E-state index in [0.717, 1.165) is 38.6 Å². The topological polar surface area (TPSA) is 59.1 Å². The standard InChI is InChI=1S/C29H44N2O4/c1-2-30-19-11-5-3-4-6-12-20-34-26-21-31(28(32)18-17-23-13-7-8-14-23)22-27(26)35-25-16-10-9-15-24(25)29(30)33/h9-10,15-16,23,26-27H,2-8,11-14,17-22H2,1H3/t26-,27-/m1/s1. The van der Waals surface area contributed by atoms with Crippen molar-refractivity contribution in [1.82, 2.24) is 9.80 Å². The molecule has 0 bridgehead atoms. The van der Waals surface area contributed by atoms with Crippen LogP contribution in [0.1, 0.15) is 94.3 Å². The minimum atomic E-state index is -0.262. The number of fused-ring (bicyclic) bond motifs is 2. The molecular weight excluding hydrogens is 440 g/mol. The summed E-state index contributed by atoms with van der Waals surface area (Å²) in [5, 5.41) is 0. The number of rotatable bonds is 4. The van der Waals surface area contributed by atoms with Crippen LogP contribution >= 0.6 is 0 Å². The van der Waals surface area contributed by atoms with Gasteiger partial charge in [0.15, 0.2) is 0 Å². The van der Waals surface area contributed by atoms with E-state index in [1.807, 2.05) is 41.0 Å². The van der Waals surface area contributed by atoms with Gasteiger partial charge in [0.05, 0.1) is 18.7 Å². The van der Waals surface area contributed by atoms with Crippen LogP contribution in [0, 0.1) is 5.92 Å². The van der Waals surface area contributed by atoms with Crippen LogP contribution in [0.25, 0.3) is 0 Å². The molecule has 35 heavy (non-hydrogen) atoms. The summed E-state index contributed by atoms with van der Waals surface area (Å²) in [5.74, 6) is 1.55. The predicted octanol–water partition coefficient (Wildman–Crippen LogP) is 5.45. The number of hydrogen-bond donors (Lipinski definition) is 0. The van der Waals surface area contributed by atoms with Crippen LogP contribution in [0.15, 0.2) is 24.3 Å². The Hall–Kier alpha value is -2.08. The average Bonchev–Trinajstić information content (AvgIpc) is 3.53. The molecule has 0 radical (unpaired) electrons. The van der Waals surface area contributed by atoms with E-state index in [0.29, 0.717) is 49.9 Å². The second-order valence-electron chi connectivity index (χ2n) is 10.6. The van der Waals surface area contributed by atoms with Crippen molar-refractivity contribution >= 4 is 11.8 Å². The minimum Gasteiger partial charge on any atom is -0.485 e.